The summed E-state index contributed by atoms with van der Waals surface area (Å²) in [5, 5.41) is 13.5. The number of pyridine rings is 1. The molecule has 0 saturated carbocycles. The van der Waals surface area contributed by atoms with Crippen LogP contribution in [0.2, 0.25) is 5.02 Å². The molecule has 0 spiro atoms. The maximum Gasteiger partial charge on any atom is 0.407 e. The fourth-order valence-corrected chi connectivity index (χ4v) is 4.53. The van der Waals surface area contributed by atoms with Crippen molar-refractivity contribution in [2.45, 2.75) is 18.8 Å². The molecule has 3 heterocycles. The summed E-state index contributed by atoms with van der Waals surface area (Å²) in [5.41, 5.74) is 2.36. The lowest BCUT2D eigenvalue weighted by Crippen LogP contribution is -2.41. The number of hydrogen-bond donors (Lipinski definition) is 3. The van der Waals surface area contributed by atoms with Crippen molar-refractivity contribution in [3.63, 3.8) is 0 Å². The largest absolute Gasteiger partial charge is 0.465 e. The van der Waals surface area contributed by atoms with Gasteiger partial charge in [-0.25, -0.2) is 4.79 Å². The lowest BCUT2D eigenvalue weighted by Gasteiger charge is -2.35. The quantitative estimate of drug-likeness (QED) is 0.571. The molecule has 7 nitrogen and oxygen atoms in total. The summed E-state index contributed by atoms with van der Waals surface area (Å²) in [6, 6.07) is 9.31. The van der Waals surface area contributed by atoms with Gasteiger partial charge in [-0.3, -0.25) is 9.78 Å². The lowest BCUT2D eigenvalue weighted by atomic mass is 9.80. The minimum Gasteiger partial charge on any atom is -0.465 e. The van der Waals surface area contributed by atoms with Gasteiger partial charge in [0.25, 0.3) is 5.91 Å². The van der Waals surface area contributed by atoms with Gasteiger partial charge in [0.15, 0.2) is 0 Å². The van der Waals surface area contributed by atoms with E-state index in [1.165, 1.54) is 4.90 Å². The number of carbonyl (C=O) groups is 2. The molecule has 1 unspecified atom stereocenters. The van der Waals surface area contributed by atoms with Crippen LogP contribution in [0.5, 0.6) is 0 Å². The number of hydrogen-bond acceptors (Lipinski definition) is 3. The van der Waals surface area contributed by atoms with E-state index in [1.54, 1.807) is 18.5 Å². The molecule has 1 aliphatic rings. The number of H-pyrrole nitrogens is 1. The van der Waals surface area contributed by atoms with Gasteiger partial charge in [-0.05, 0) is 48.6 Å². The van der Waals surface area contributed by atoms with Gasteiger partial charge < -0.3 is 20.3 Å². The monoisotopic (exact) mass is 426 g/mol. The van der Waals surface area contributed by atoms with Crippen LogP contribution in [-0.4, -0.2) is 51.6 Å². The van der Waals surface area contributed by atoms with Crippen LogP contribution in [0.15, 0.2) is 48.9 Å². The Hall–Kier alpha value is -3.06. The normalized spacial score (nSPS) is 15.8. The molecule has 2 amide bonds. The first-order valence-corrected chi connectivity index (χ1v) is 10.3. The number of nitrogens with zero attached hydrogens (tertiary/aromatic N) is 2. The second-order valence-corrected chi connectivity index (χ2v) is 7.95. The van der Waals surface area contributed by atoms with E-state index in [-0.39, 0.29) is 17.7 Å². The van der Waals surface area contributed by atoms with Gasteiger partial charge in [0, 0.05) is 55.0 Å². The third-order valence-electron chi connectivity index (χ3n) is 5.89. The Morgan fingerprint density at radius 1 is 1.27 bits per heavy atom. The molecule has 1 aliphatic heterocycles. The number of aromatic amines is 1. The fraction of sp³-hybridized carbons (Fsp3) is 0.318. The Morgan fingerprint density at radius 2 is 2.07 bits per heavy atom. The Kier molecular flexibility index (Phi) is 5.90. The summed E-state index contributed by atoms with van der Waals surface area (Å²) in [6.45, 7) is 1.44. The minimum absolute atomic E-state index is 0.0494. The van der Waals surface area contributed by atoms with Crippen molar-refractivity contribution in [2.24, 2.45) is 5.92 Å². The van der Waals surface area contributed by atoms with Crippen molar-refractivity contribution in [1.82, 2.24) is 20.2 Å². The van der Waals surface area contributed by atoms with E-state index >= 15 is 0 Å². The van der Waals surface area contributed by atoms with Crippen molar-refractivity contribution in [3.8, 4) is 0 Å². The molecule has 0 aliphatic carbocycles. The summed E-state index contributed by atoms with van der Waals surface area (Å²) in [7, 11) is 0. The Bertz CT molecular complexity index is 1040. The van der Waals surface area contributed by atoms with Crippen LogP contribution in [-0.2, 0) is 0 Å². The van der Waals surface area contributed by atoms with Gasteiger partial charge in [0.2, 0.25) is 0 Å². The van der Waals surface area contributed by atoms with E-state index in [2.05, 4.69) is 15.3 Å². The van der Waals surface area contributed by atoms with E-state index < -0.39 is 6.09 Å². The first kappa shape index (κ1) is 20.2. The molecule has 0 radical (unpaired) electrons. The Morgan fingerprint density at radius 3 is 2.77 bits per heavy atom. The maximum atomic E-state index is 12.9. The number of amides is 2. The average molecular weight is 427 g/mol. The molecular weight excluding hydrogens is 404 g/mol. The van der Waals surface area contributed by atoms with Crippen molar-refractivity contribution in [2.75, 3.05) is 19.6 Å². The zero-order chi connectivity index (χ0) is 21.1. The number of likely N-dealkylation sites (tertiary alicyclic amines) is 1. The second kappa shape index (κ2) is 8.75. The van der Waals surface area contributed by atoms with Gasteiger partial charge in [0.1, 0.15) is 0 Å². The summed E-state index contributed by atoms with van der Waals surface area (Å²) in [4.78, 5) is 32.9. The summed E-state index contributed by atoms with van der Waals surface area (Å²) in [5.74, 6) is 0.0843. The van der Waals surface area contributed by atoms with E-state index in [0.29, 0.717) is 30.2 Å². The highest BCUT2D eigenvalue weighted by atomic mass is 35.5. The summed E-state index contributed by atoms with van der Waals surface area (Å²) >= 11 is 6.45. The predicted octanol–water partition coefficient (Wildman–Crippen LogP) is 4.12. The number of fused-ring (bicyclic) bond motifs is 1. The van der Waals surface area contributed by atoms with Gasteiger partial charge in [-0.15, -0.1) is 0 Å². The number of carboxylic acid groups (broad SMARTS) is 1. The molecule has 30 heavy (non-hydrogen) atoms. The Labute approximate surface area is 179 Å². The number of halogens is 1. The van der Waals surface area contributed by atoms with Gasteiger partial charge in [0.05, 0.1) is 10.6 Å². The van der Waals surface area contributed by atoms with Crippen molar-refractivity contribution >= 4 is 34.5 Å². The first-order valence-electron chi connectivity index (χ1n) is 9.96. The van der Waals surface area contributed by atoms with E-state index in [9.17, 15) is 14.7 Å². The van der Waals surface area contributed by atoms with E-state index in [1.807, 2.05) is 30.5 Å². The van der Waals surface area contributed by atoms with Crippen molar-refractivity contribution < 1.29 is 14.7 Å². The number of nitrogens with one attached hydrogen (secondary N) is 2. The number of rotatable bonds is 5. The molecule has 3 aromatic rings. The second-order valence-electron chi connectivity index (χ2n) is 7.58. The molecule has 4 rings (SSSR count). The number of carbonyl (C=O) groups excluding carboxylic acids is 1. The topological polar surface area (TPSA) is 98.3 Å². The highest BCUT2D eigenvalue weighted by molar-refractivity contribution is 6.38. The van der Waals surface area contributed by atoms with Gasteiger partial charge in [-0.1, -0.05) is 17.7 Å². The maximum absolute atomic E-state index is 12.9. The van der Waals surface area contributed by atoms with Crippen LogP contribution in [0.1, 0.15) is 34.7 Å². The first-order chi connectivity index (χ1) is 14.5. The van der Waals surface area contributed by atoms with Gasteiger partial charge in [-0.2, -0.15) is 0 Å². The molecule has 1 aromatic carbocycles. The highest BCUT2D eigenvalue weighted by Gasteiger charge is 2.30. The predicted molar refractivity (Wildman–Crippen MR) is 115 cm³/mol. The minimum atomic E-state index is -0.880. The number of benzene rings is 1. The molecule has 8 heteroatoms. The van der Waals surface area contributed by atoms with Crippen molar-refractivity contribution in [3.05, 3.63) is 65.1 Å². The Balaban J connectivity index is 1.50. The molecule has 3 N–H and O–H groups in total. The smallest absolute Gasteiger partial charge is 0.407 e. The zero-order valence-electron chi connectivity index (χ0n) is 16.3. The van der Waals surface area contributed by atoms with Gasteiger partial charge >= 0.3 is 6.09 Å². The zero-order valence-corrected chi connectivity index (χ0v) is 17.1. The molecule has 1 fully saturated rings. The standard InChI is InChI=1S/C22H23ClN4O3/c23-20-16-5-9-25-19(16)4-3-17(20)21(28)26-13-18(15-2-1-8-24-12-15)14-6-10-27(11-7-14)22(29)30/h1-5,8-9,12,14,18,25H,6-7,10-11,13H2,(H,26,28)(H,29,30). The third-order valence-corrected chi connectivity index (χ3v) is 6.29. The average Bonchev–Trinajstić information content (AvgIpc) is 3.25. The van der Waals surface area contributed by atoms with Crippen LogP contribution in [0.25, 0.3) is 10.9 Å². The van der Waals surface area contributed by atoms with Crippen LogP contribution < -0.4 is 5.32 Å². The highest BCUT2D eigenvalue weighted by Crippen LogP contribution is 2.32. The van der Waals surface area contributed by atoms with Crippen LogP contribution in [0, 0.1) is 5.92 Å². The van der Waals surface area contributed by atoms with E-state index in [4.69, 9.17) is 11.6 Å². The number of piperidine rings is 1. The molecular formula is C22H23ClN4O3. The molecule has 1 atom stereocenters. The van der Waals surface area contributed by atoms with E-state index in [0.717, 1.165) is 29.3 Å². The van der Waals surface area contributed by atoms with Crippen LogP contribution in [0.4, 0.5) is 4.79 Å². The molecule has 2 aromatic heterocycles. The third kappa shape index (κ3) is 4.11. The summed E-state index contributed by atoms with van der Waals surface area (Å²) in [6.07, 6.45) is 5.95. The number of aromatic nitrogens is 2. The molecule has 156 valence electrons. The lowest BCUT2D eigenvalue weighted by molar-refractivity contribution is 0.0942. The molecule has 1 saturated heterocycles. The molecule has 0 bridgehead atoms. The SMILES string of the molecule is O=C(NCC(c1cccnc1)C1CCN(C(=O)O)CC1)c1ccc2[nH]ccc2c1Cl. The van der Waals surface area contributed by atoms with Crippen LogP contribution in [0.3, 0.4) is 0 Å². The van der Waals surface area contributed by atoms with Crippen LogP contribution >= 0.6 is 11.6 Å². The fourth-order valence-electron chi connectivity index (χ4n) is 4.21. The summed E-state index contributed by atoms with van der Waals surface area (Å²) < 4.78 is 0. The van der Waals surface area contributed by atoms with Crippen molar-refractivity contribution in [1.29, 1.82) is 0 Å².